The first-order valence-electron chi connectivity index (χ1n) is 2.94. The number of halogens is 1. The lowest BCUT2D eigenvalue weighted by Gasteiger charge is -2.09. The third-order valence-corrected chi connectivity index (χ3v) is 3.00. The van der Waals surface area contributed by atoms with Gasteiger partial charge < -0.3 is 4.90 Å². The van der Waals surface area contributed by atoms with Crippen molar-refractivity contribution in [2.24, 2.45) is 0 Å². The lowest BCUT2D eigenvalue weighted by Crippen LogP contribution is -2.26. The number of amides is 2. The largest absolute Gasteiger partial charge is 0.334 e. The molecule has 3 nitrogen and oxygen atoms in total. The standard InChI is InChI=1S/C5H7IN2OS/c1-2-7-3-4(10)8(6)5(7)9/h2-3H2,1H3. The fourth-order valence-electron chi connectivity index (χ4n) is 0.771. The Bertz CT molecular complexity index is 184. The van der Waals surface area contributed by atoms with E-state index in [0.717, 1.165) is 6.54 Å². The van der Waals surface area contributed by atoms with Gasteiger partial charge in [-0.05, 0) is 6.92 Å². The summed E-state index contributed by atoms with van der Waals surface area (Å²) >= 11 is 6.84. The normalized spacial score (nSPS) is 19.0. The van der Waals surface area contributed by atoms with Crippen LogP contribution in [0.25, 0.3) is 0 Å². The van der Waals surface area contributed by atoms with Crippen molar-refractivity contribution < 1.29 is 4.79 Å². The topological polar surface area (TPSA) is 23.6 Å². The van der Waals surface area contributed by atoms with Gasteiger partial charge >= 0.3 is 6.03 Å². The Labute approximate surface area is 78.9 Å². The van der Waals surface area contributed by atoms with Gasteiger partial charge in [-0.3, -0.25) is 0 Å². The molecule has 10 heavy (non-hydrogen) atoms. The molecule has 0 unspecified atom stereocenters. The number of hydrogen-bond acceptors (Lipinski definition) is 2. The molecule has 0 N–H and O–H groups in total. The van der Waals surface area contributed by atoms with Gasteiger partial charge in [0.15, 0.2) is 0 Å². The highest BCUT2D eigenvalue weighted by Gasteiger charge is 2.29. The maximum absolute atomic E-state index is 11.1. The van der Waals surface area contributed by atoms with Crippen LogP contribution in [0, 0.1) is 0 Å². The molecule has 2 amide bonds. The van der Waals surface area contributed by atoms with Crippen molar-refractivity contribution in [1.82, 2.24) is 8.01 Å². The molecule has 0 bridgehead atoms. The third-order valence-electron chi connectivity index (χ3n) is 1.37. The highest BCUT2D eigenvalue weighted by Crippen LogP contribution is 2.15. The highest BCUT2D eigenvalue weighted by molar-refractivity contribution is 14.1. The van der Waals surface area contributed by atoms with Gasteiger partial charge in [0, 0.05) is 6.54 Å². The molecule has 1 fully saturated rings. The molecular formula is C5H7IN2OS. The molecule has 1 saturated heterocycles. The van der Waals surface area contributed by atoms with E-state index in [-0.39, 0.29) is 6.03 Å². The van der Waals surface area contributed by atoms with Crippen molar-refractivity contribution in [2.75, 3.05) is 13.1 Å². The van der Waals surface area contributed by atoms with E-state index >= 15 is 0 Å². The van der Waals surface area contributed by atoms with Crippen LogP contribution in [0.1, 0.15) is 6.92 Å². The molecule has 1 aliphatic rings. The molecule has 56 valence electrons. The summed E-state index contributed by atoms with van der Waals surface area (Å²) in [6, 6.07) is 0.00750. The van der Waals surface area contributed by atoms with E-state index in [0.29, 0.717) is 11.5 Å². The van der Waals surface area contributed by atoms with Crippen LogP contribution in [0.15, 0.2) is 0 Å². The SMILES string of the molecule is CCN1CC(=S)N(I)C1=O. The van der Waals surface area contributed by atoms with Gasteiger partial charge in [0.2, 0.25) is 0 Å². The zero-order valence-electron chi connectivity index (χ0n) is 5.50. The van der Waals surface area contributed by atoms with Crippen molar-refractivity contribution in [3.63, 3.8) is 0 Å². The van der Waals surface area contributed by atoms with Gasteiger partial charge in [-0.2, -0.15) is 0 Å². The Kier molecular flexibility index (Phi) is 2.45. The maximum Gasteiger partial charge on any atom is 0.334 e. The Hall–Kier alpha value is 0.0900. The summed E-state index contributed by atoms with van der Waals surface area (Å²) in [5.74, 6) is 0. The number of carbonyl (C=O) groups excluding carboxylic acids is 1. The zero-order valence-corrected chi connectivity index (χ0v) is 8.48. The molecule has 0 aromatic heterocycles. The third kappa shape index (κ3) is 1.24. The van der Waals surface area contributed by atoms with Crippen LogP contribution in [0.5, 0.6) is 0 Å². The van der Waals surface area contributed by atoms with Crippen molar-refractivity contribution in [3.8, 4) is 0 Å². The van der Waals surface area contributed by atoms with Crippen LogP contribution in [0.4, 0.5) is 4.79 Å². The monoisotopic (exact) mass is 270 g/mol. The van der Waals surface area contributed by atoms with E-state index in [1.165, 1.54) is 3.11 Å². The molecule has 0 atom stereocenters. The Morgan fingerprint density at radius 3 is 2.60 bits per heavy atom. The van der Waals surface area contributed by atoms with E-state index in [9.17, 15) is 4.79 Å². The molecule has 0 radical (unpaired) electrons. The number of hydrogen-bond donors (Lipinski definition) is 0. The van der Waals surface area contributed by atoms with Crippen molar-refractivity contribution in [2.45, 2.75) is 6.92 Å². The average Bonchev–Trinajstić information content (AvgIpc) is 2.17. The van der Waals surface area contributed by atoms with Gasteiger partial charge in [-0.15, -0.1) is 0 Å². The average molecular weight is 270 g/mol. The smallest absolute Gasteiger partial charge is 0.317 e. The summed E-state index contributed by atoms with van der Waals surface area (Å²) < 4.78 is 1.48. The number of thiocarbonyl (C=S) groups is 1. The molecule has 1 heterocycles. The van der Waals surface area contributed by atoms with Crippen LogP contribution < -0.4 is 0 Å². The van der Waals surface area contributed by atoms with Gasteiger partial charge in [0.05, 0.1) is 29.4 Å². The van der Waals surface area contributed by atoms with Gasteiger partial charge in [0.1, 0.15) is 4.99 Å². The Morgan fingerprint density at radius 2 is 2.40 bits per heavy atom. The fraction of sp³-hybridized carbons (Fsp3) is 0.600. The molecular weight excluding hydrogens is 263 g/mol. The minimum atomic E-state index is 0.00750. The van der Waals surface area contributed by atoms with E-state index in [1.54, 1.807) is 4.90 Å². The first kappa shape index (κ1) is 8.19. The summed E-state index contributed by atoms with van der Waals surface area (Å²) in [5.41, 5.74) is 0. The molecule has 0 aliphatic carbocycles. The first-order chi connectivity index (χ1) is 4.66. The maximum atomic E-state index is 11.1. The van der Waals surface area contributed by atoms with Crippen molar-refractivity contribution >= 4 is 46.1 Å². The number of rotatable bonds is 1. The Balaban J connectivity index is 2.71. The van der Waals surface area contributed by atoms with E-state index < -0.39 is 0 Å². The lowest BCUT2D eigenvalue weighted by atomic mass is 10.6. The molecule has 5 heteroatoms. The van der Waals surface area contributed by atoms with Gasteiger partial charge in [-0.25, -0.2) is 7.91 Å². The van der Waals surface area contributed by atoms with Crippen LogP contribution in [0.3, 0.4) is 0 Å². The van der Waals surface area contributed by atoms with Crippen LogP contribution in [-0.4, -0.2) is 32.1 Å². The molecule has 1 aliphatic heterocycles. The van der Waals surface area contributed by atoms with Crippen LogP contribution >= 0.6 is 35.1 Å². The lowest BCUT2D eigenvalue weighted by molar-refractivity contribution is 0.213. The van der Waals surface area contributed by atoms with E-state index in [4.69, 9.17) is 12.2 Å². The molecule has 0 spiro atoms. The minimum Gasteiger partial charge on any atom is -0.317 e. The van der Waals surface area contributed by atoms with Gasteiger partial charge in [-0.1, -0.05) is 12.2 Å². The fourth-order valence-corrected chi connectivity index (χ4v) is 1.46. The predicted octanol–water partition coefficient (Wildman–Crippen LogP) is 1.42. The predicted molar refractivity (Wildman–Crippen MR) is 51.1 cm³/mol. The summed E-state index contributed by atoms with van der Waals surface area (Å²) in [5, 5.41) is 0. The zero-order chi connectivity index (χ0) is 7.72. The summed E-state index contributed by atoms with van der Waals surface area (Å²) in [6.07, 6.45) is 0. The second-order valence-electron chi connectivity index (χ2n) is 1.97. The van der Waals surface area contributed by atoms with Crippen LogP contribution in [0.2, 0.25) is 0 Å². The summed E-state index contributed by atoms with van der Waals surface area (Å²) in [6.45, 7) is 3.28. The quantitative estimate of drug-likeness (QED) is 0.409. The molecule has 1 rings (SSSR count). The number of likely N-dealkylation sites (N-methyl/N-ethyl adjacent to an activating group) is 1. The molecule has 0 aromatic carbocycles. The van der Waals surface area contributed by atoms with Crippen LogP contribution in [-0.2, 0) is 0 Å². The Morgan fingerprint density at radius 1 is 1.80 bits per heavy atom. The number of urea groups is 1. The molecule has 0 saturated carbocycles. The van der Waals surface area contributed by atoms with Crippen molar-refractivity contribution in [1.29, 1.82) is 0 Å². The summed E-state index contributed by atoms with van der Waals surface area (Å²) in [7, 11) is 0. The second kappa shape index (κ2) is 3.00. The number of nitrogens with zero attached hydrogens (tertiary/aromatic N) is 2. The highest BCUT2D eigenvalue weighted by atomic mass is 127. The van der Waals surface area contributed by atoms with E-state index in [2.05, 4.69) is 0 Å². The van der Waals surface area contributed by atoms with Crippen molar-refractivity contribution in [3.05, 3.63) is 0 Å². The number of carbonyl (C=O) groups is 1. The minimum absolute atomic E-state index is 0.00750. The molecule has 0 aromatic rings. The van der Waals surface area contributed by atoms with Gasteiger partial charge in [0.25, 0.3) is 0 Å². The van der Waals surface area contributed by atoms with E-state index in [1.807, 2.05) is 29.8 Å². The summed E-state index contributed by atoms with van der Waals surface area (Å²) in [4.78, 5) is 13.5. The first-order valence-corrected chi connectivity index (χ1v) is 4.31. The second-order valence-corrected chi connectivity index (χ2v) is 3.41.